The van der Waals surface area contributed by atoms with E-state index in [0.29, 0.717) is 17.9 Å². The number of amides is 2. The van der Waals surface area contributed by atoms with E-state index >= 15 is 0 Å². The first-order chi connectivity index (χ1) is 16.9. The summed E-state index contributed by atoms with van der Waals surface area (Å²) in [6.07, 6.45) is 4.42. The number of nitrogens with zero attached hydrogens (tertiary/aromatic N) is 3. The van der Waals surface area contributed by atoms with Crippen LogP contribution in [0.1, 0.15) is 49.3 Å². The van der Waals surface area contributed by atoms with E-state index in [-0.39, 0.29) is 30.3 Å². The lowest BCUT2D eigenvalue weighted by Gasteiger charge is -2.27. The van der Waals surface area contributed by atoms with Gasteiger partial charge in [0.05, 0.1) is 33.1 Å². The molecule has 35 heavy (non-hydrogen) atoms. The molecule has 186 valence electrons. The maximum absolute atomic E-state index is 13.5. The van der Waals surface area contributed by atoms with Gasteiger partial charge in [0.15, 0.2) is 0 Å². The summed E-state index contributed by atoms with van der Waals surface area (Å²) in [5.74, 6) is 1.87. The van der Waals surface area contributed by atoms with Gasteiger partial charge in [0, 0.05) is 24.9 Å². The van der Waals surface area contributed by atoms with Crippen molar-refractivity contribution in [1.82, 2.24) is 9.91 Å². The van der Waals surface area contributed by atoms with E-state index in [9.17, 15) is 9.59 Å². The van der Waals surface area contributed by atoms with Gasteiger partial charge in [-0.1, -0.05) is 12.8 Å². The number of hydrogen-bond donors (Lipinski definition) is 0. The number of likely N-dealkylation sites (N-methyl/N-ethyl adjacent to an activating group) is 1. The quantitative estimate of drug-likeness (QED) is 0.571. The summed E-state index contributed by atoms with van der Waals surface area (Å²) < 4.78 is 16.3. The van der Waals surface area contributed by atoms with Gasteiger partial charge in [0.1, 0.15) is 23.8 Å². The summed E-state index contributed by atoms with van der Waals surface area (Å²) >= 11 is 0. The number of hydrazone groups is 1. The van der Waals surface area contributed by atoms with Crippen molar-refractivity contribution in [1.29, 1.82) is 0 Å². The molecule has 2 aromatic carbocycles. The normalized spacial score (nSPS) is 17.8. The van der Waals surface area contributed by atoms with Crippen LogP contribution in [0.2, 0.25) is 0 Å². The minimum atomic E-state index is -0.389. The molecule has 0 unspecified atom stereocenters. The second kappa shape index (κ2) is 10.8. The Labute approximate surface area is 206 Å². The fourth-order valence-corrected chi connectivity index (χ4v) is 4.88. The molecule has 1 heterocycles. The standard InChI is InChI=1S/C27H33N3O5/c1-29(27(32)19-7-5-6-8-19)17-26(31)30-24(22-15-21(34-3)13-14-25(22)35-4)16-23(28-30)18-9-11-20(33-2)12-10-18/h9-15,19,24H,5-8,16-17H2,1-4H3/t24-/m0/s1. The SMILES string of the molecule is COc1ccc(C2=NN(C(=O)CN(C)C(=O)C3CCCC3)[C@H](c3cc(OC)ccc3OC)C2)cc1. The van der Waals surface area contributed by atoms with E-state index in [1.165, 1.54) is 5.01 Å². The smallest absolute Gasteiger partial charge is 0.262 e. The lowest BCUT2D eigenvalue weighted by atomic mass is 9.97. The topological polar surface area (TPSA) is 80.7 Å². The first-order valence-corrected chi connectivity index (χ1v) is 12.0. The molecular weight excluding hydrogens is 446 g/mol. The maximum Gasteiger partial charge on any atom is 0.262 e. The van der Waals surface area contributed by atoms with Gasteiger partial charge in [-0.15, -0.1) is 0 Å². The van der Waals surface area contributed by atoms with Crippen molar-refractivity contribution < 1.29 is 23.8 Å². The first-order valence-electron chi connectivity index (χ1n) is 12.0. The van der Waals surface area contributed by atoms with Crippen LogP contribution in [0.25, 0.3) is 0 Å². The number of methoxy groups -OCH3 is 3. The average Bonchev–Trinajstić information content (AvgIpc) is 3.58. The summed E-state index contributed by atoms with van der Waals surface area (Å²) in [5, 5.41) is 6.23. The van der Waals surface area contributed by atoms with Gasteiger partial charge in [0.25, 0.3) is 5.91 Å². The fraction of sp³-hybridized carbons (Fsp3) is 0.444. The van der Waals surface area contributed by atoms with Gasteiger partial charge in [-0.2, -0.15) is 5.10 Å². The predicted molar refractivity (Wildman–Crippen MR) is 133 cm³/mol. The van der Waals surface area contributed by atoms with E-state index < -0.39 is 0 Å². The highest BCUT2D eigenvalue weighted by Gasteiger charge is 2.36. The summed E-state index contributed by atoms with van der Waals surface area (Å²) in [6, 6.07) is 12.8. The molecule has 0 aromatic heterocycles. The predicted octanol–water partition coefficient (Wildman–Crippen LogP) is 4.04. The highest BCUT2D eigenvalue weighted by molar-refractivity contribution is 6.03. The summed E-state index contributed by atoms with van der Waals surface area (Å²) in [7, 11) is 6.53. The molecule has 0 bridgehead atoms. The Bertz CT molecular complexity index is 1090. The largest absolute Gasteiger partial charge is 0.497 e. The molecule has 4 rings (SSSR count). The second-order valence-electron chi connectivity index (χ2n) is 9.02. The zero-order chi connectivity index (χ0) is 24.9. The maximum atomic E-state index is 13.5. The van der Waals surface area contributed by atoms with Crippen LogP contribution in [0.4, 0.5) is 0 Å². The molecule has 0 N–H and O–H groups in total. The van der Waals surface area contributed by atoms with Crippen molar-refractivity contribution in [3.05, 3.63) is 53.6 Å². The van der Waals surface area contributed by atoms with Gasteiger partial charge in [-0.05, 0) is 60.9 Å². The molecule has 1 aliphatic heterocycles. The second-order valence-corrected chi connectivity index (χ2v) is 9.02. The summed E-state index contributed by atoms with van der Waals surface area (Å²) in [4.78, 5) is 27.9. The monoisotopic (exact) mass is 479 g/mol. The molecule has 0 radical (unpaired) electrons. The minimum absolute atomic E-state index is 0.0130. The van der Waals surface area contributed by atoms with Crippen LogP contribution in [0.15, 0.2) is 47.6 Å². The highest BCUT2D eigenvalue weighted by atomic mass is 16.5. The van der Waals surface area contributed by atoms with Crippen LogP contribution >= 0.6 is 0 Å². The Morgan fingerprint density at radius 3 is 2.26 bits per heavy atom. The molecule has 2 amide bonds. The van der Waals surface area contributed by atoms with Crippen LogP contribution < -0.4 is 14.2 Å². The number of carbonyl (C=O) groups is 2. The van der Waals surface area contributed by atoms with Gasteiger partial charge in [-0.25, -0.2) is 5.01 Å². The third-order valence-electron chi connectivity index (χ3n) is 6.84. The molecule has 1 atom stereocenters. The van der Waals surface area contributed by atoms with Crippen LogP contribution in [0.3, 0.4) is 0 Å². The van der Waals surface area contributed by atoms with Crippen LogP contribution in [-0.2, 0) is 9.59 Å². The number of hydrogen-bond acceptors (Lipinski definition) is 6. The zero-order valence-corrected chi connectivity index (χ0v) is 20.8. The third-order valence-corrected chi connectivity index (χ3v) is 6.84. The van der Waals surface area contributed by atoms with Crippen molar-refractivity contribution in [2.75, 3.05) is 34.9 Å². The lowest BCUT2D eigenvalue weighted by molar-refractivity contribution is -0.142. The van der Waals surface area contributed by atoms with Crippen molar-refractivity contribution in [2.45, 2.75) is 38.1 Å². The summed E-state index contributed by atoms with van der Waals surface area (Å²) in [5.41, 5.74) is 2.49. The molecule has 2 aromatic rings. The van der Waals surface area contributed by atoms with E-state index in [1.807, 2.05) is 42.5 Å². The average molecular weight is 480 g/mol. The van der Waals surface area contributed by atoms with Gasteiger partial charge < -0.3 is 19.1 Å². The van der Waals surface area contributed by atoms with Crippen molar-refractivity contribution in [2.24, 2.45) is 11.0 Å². The molecule has 1 fully saturated rings. The zero-order valence-electron chi connectivity index (χ0n) is 20.8. The molecule has 8 heteroatoms. The Morgan fingerprint density at radius 1 is 0.971 bits per heavy atom. The molecule has 0 spiro atoms. The van der Waals surface area contributed by atoms with Crippen LogP contribution in [-0.4, -0.2) is 62.4 Å². The number of ether oxygens (including phenoxy) is 3. The number of benzene rings is 2. The Kier molecular flexibility index (Phi) is 7.58. The van der Waals surface area contributed by atoms with Gasteiger partial charge in [-0.3, -0.25) is 9.59 Å². The van der Waals surface area contributed by atoms with E-state index in [0.717, 1.165) is 48.3 Å². The number of rotatable bonds is 8. The highest BCUT2D eigenvalue weighted by Crippen LogP contribution is 2.39. The first kappa shape index (κ1) is 24.6. The van der Waals surface area contributed by atoms with Crippen LogP contribution in [0, 0.1) is 5.92 Å². The van der Waals surface area contributed by atoms with E-state index in [1.54, 1.807) is 33.3 Å². The Morgan fingerprint density at radius 2 is 1.63 bits per heavy atom. The molecule has 2 aliphatic rings. The minimum Gasteiger partial charge on any atom is -0.497 e. The van der Waals surface area contributed by atoms with Crippen molar-refractivity contribution in [3.8, 4) is 17.2 Å². The lowest BCUT2D eigenvalue weighted by Crippen LogP contribution is -2.41. The summed E-state index contributed by atoms with van der Waals surface area (Å²) in [6.45, 7) is -0.0302. The van der Waals surface area contributed by atoms with Crippen LogP contribution in [0.5, 0.6) is 17.2 Å². The third kappa shape index (κ3) is 5.26. The van der Waals surface area contributed by atoms with Gasteiger partial charge in [0.2, 0.25) is 5.91 Å². The van der Waals surface area contributed by atoms with Crippen molar-refractivity contribution in [3.63, 3.8) is 0 Å². The van der Waals surface area contributed by atoms with Crippen molar-refractivity contribution >= 4 is 17.5 Å². The fourth-order valence-electron chi connectivity index (χ4n) is 4.88. The van der Waals surface area contributed by atoms with E-state index in [2.05, 4.69) is 0 Å². The van der Waals surface area contributed by atoms with Gasteiger partial charge >= 0.3 is 0 Å². The Balaban J connectivity index is 1.64. The molecular formula is C27H33N3O5. The Hall–Kier alpha value is -3.55. The molecule has 8 nitrogen and oxygen atoms in total. The van der Waals surface area contributed by atoms with E-state index in [4.69, 9.17) is 19.3 Å². The molecule has 1 aliphatic carbocycles. The molecule has 0 saturated heterocycles. The number of carbonyl (C=O) groups excluding carboxylic acids is 2. The molecule has 1 saturated carbocycles.